The molecule has 0 bridgehead atoms. The topological polar surface area (TPSA) is 72.7 Å². The molecule has 0 atom stereocenters. The summed E-state index contributed by atoms with van der Waals surface area (Å²) in [5, 5.41) is 14.6. The van der Waals surface area contributed by atoms with E-state index in [-0.39, 0.29) is 11.7 Å². The third-order valence-electron chi connectivity index (χ3n) is 5.10. The van der Waals surface area contributed by atoms with Gasteiger partial charge in [-0.2, -0.15) is 0 Å². The molecule has 2 aromatic heterocycles. The van der Waals surface area contributed by atoms with E-state index in [9.17, 15) is 4.79 Å². The van der Waals surface area contributed by atoms with Crippen molar-refractivity contribution in [3.05, 3.63) is 72.6 Å². The second-order valence-corrected chi connectivity index (χ2v) is 10.4. The van der Waals surface area contributed by atoms with Gasteiger partial charge < -0.3 is 9.88 Å². The number of nitrogens with zero attached hydrogens (tertiary/aromatic N) is 4. The molecule has 0 fully saturated rings. The van der Waals surface area contributed by atoms with Crippen LogP contribution in [0, 0.1) is 0 Å². The first-order valence-electron chi connectivity index (χ1n) is 10.5. The molecule has 3 aromatic carbocycles. The Morgan fingerprint density at radius 1 is 1.00 bits per heavy atom. The van der Waals surface area contributed by atoms with Crippen LogP contribution in [0.15, 0.2) is 76.2 Å². The van der Waals surface area contributed by atoms with Crippen molar-refractivity contribution >= 4 is 67.4 Å². The van der Waals surface area contributed by atoms with E-state index >= 15 is 0 Å². The predicted octanol–water partition coefficient (Wildman–Crippen LogP) is 6.08. The van der Waals surface area contributed by atoms with E-state index in [0.717, 1.165) is 43.8 Å². The maximum Gasteiger partial charge on any atom is 0.234 e. The summed E-state index contributed by atoms with van der Waals surface area (Å²) in [4.78, 5) is 17.3. The van der Waals surface area contributed by atoms with Crippen molar-refractivity contribution < 1.29 is 4.79 Å². The van der Waals surface area contributed by atoms with Gasteiger partial charge >= 0.3 is 0 Å². The Morgan fingerprint density at radius 3 is 2.70 bits per heavy atom. The van der Waals surface area contributed by atoms with Crippen LogP contribution in [-0.4, -0.2) is 31.4 Å². The Kier molecular flexibility index (Phi) is 6.61. The molecular weight excluding hydrogens is 470 g/mol. The van der Waals surface area contributed by atoms with Crippen molar-refractivity contribution in [1.29, 1.82) is 0 Å². The van der Waals surface area contributed by atoms with Crippen LogP contribution in [-0.2, 0) is 17.1 Å². The van der Waals surface area contributed by atoms with E-state index < -0.39 is 0 Å². The number of amides is 1. The Hall–Kier alpha value is -2.88. The fourth-order valence-electron chi connectivity index (χ4n) is 3.54. The van der Waals surface area contributed by atoms with Crippen molar-refractivity contribution in [2.45, 2.75) is 28.7 Å². The molecule has 0 saturated carbocycles. The molecule has 33 heavy (non-hydrogen) atoms. The number of fused-ring (bicyclic) bond motifs is 2. The molecule has 0 saturated heterocycles. The summed E-state index contributed by atoms with van der Waals surface area (Å²) in [6.45, 7) is 2.81. The highest BCUT2D eigenvalue weighted by Gasteiger charge is 2.15. The van der Waals surface area contributed by atoms with Crippen LogP contribution >= 0.6 is 34.9 Å². The highest BCUT2D eigenvalue weighted by molar-refractivity contribution is 8.00. The van der Waals surface area contributed by atoms with Crippen molar-refractivity contribution in [1.82, 2.24) is 19.7 Å². The minimum Gasteiger partial charge on any atom is -0.325 e. The van der Waals surface area contributed by atoms with Crippen LogP contribution in [0.1, 0.15) is 12.7 Å². The fraction of sp³-hybridized carbons (Fsp3) is 0.167. The molecule has 0 aliphatic rings. The Bertz CT molecular complexity index is 1390. The van der Waals surface area contributed by atoms with E-state index in [4.69, 9.17) is 0 Å². The zero-order chi connectivity index (χ0) is 22.6. The monoisotopic (exact) mass is 491 g/mol. The summed E-state index contributed by atoms with van der Waals surface area (Å²) in [5.74, 6) is 1.78. The molecule has 5 rings (SSSR count). The van der Waals surface area contributed by atoms with Gasteiger partial charge in [0.2, 0.25) is 5.91 Å². The van der Waals surface area contributed by atoms with Gasteiger partial charge in [-0.25, -0.2) is 4.98 Å². The molecule has 0 radical (unpaired) electrons. The lowest BCUT2D eigenvalue weighted by Gasteiger charge is -2.09. The number of hydrogen-bond donors (Lipinski definition) is 1. The van der Waals surface area contributed by atoms with Gasteiger partial charge in [-0.3, -0.25) is 4.79 Å². The Morgan fingerprint density at radius 2 is 1.82 bits per heavy atom. The molecule has 0 aliphatic heterocycles. The van der Waals surface area contributed by atoms with Gasteiger partial charge in [0.1, 0.15) is 5.82 Å². The average molecular weight is 492 g/mol. The van der Waals surface area contributed by atoms with E-state index in [1.165, 1.54) is 16.5 Å². The number of hydrogen-bond acceptors (Lipinski definition) is 7. The second kappa shape index (κ2) is 9.94. The summed E-state index contributed by atoms with van der Waals surface area (Å²) < 4.78 is 4.27. The first kappa shape index (κ1) is 21.9. The number of benzene rings is 3. The molecule has 0 aliphatic carbocycles. The molecule has 5 aromatic rings. The van der Waals surface area contributed by atoms with Gasteiger partial charge in [-0.1, -0.05) is 72.1 Å². The van der Waals surface area contributed by atoms with Crippen molar-refractivity contribution in [3.63, 3.8) is 0 Å². The van der Waals surface area contributed by atoms with Crippen LogP contribution in [0.25, 0.3) is 21.0 Å². The summed E-state index contributed by atoms with van der Waals surface area (Å²) in [5.41, 5.74) is 1.85. The molecule has 1 N–H and O–H groups in total. The van der Waals surface area contributed by atoms with Crippen LogP contribution in [0.2, 0.25) is 0 Å². The zero-order valence-electron chi connectivity index (χ0n) is 17.9. The maximum absolute atomic E-state index is 12.6. The molecule has 1 amide bonds. The quantitative estimate of drug-likeness (QED) is 0.265. The number of carbonyl (C=O) groups excluding carboxylic acids is 1. The van der Waals surface area contributed by atoms with Gasteiger partial charge in [0, 0.05) is 17.6 Å². The van der Waals surface area contributed by atoms with Crippen LogP contribution in [0.4, 0.5) is 5.69 Å². The Balaban J connectivity index is 1.22. The number of rotatable bonds is 8. The van der Waals surface area contributed by atoms with E-state index in [1.807, 2.05) is 60.7 Å². The van der Waals surface area contributed by atoms with E-state index in [0.29, 0.717) is 5.75 Å². The average Bonchev–Trinajstić information content (AvgIpc) is 3.44. The van der Waals surface area contributed by atoms with Crippen LogP contribution in [0.3, 0.4) is 0 Å². The lowest BCUT2D eigenvalue weighted by Crippen LogP contribution is -2.15. The normalized spacial score (nSPS) is 11.3. The SMILES string of the molecule is CCn1c(CSc2nc3ccccc3s2)nnc1SCC(=O)Nc1cccc2ccccc12. The van der Waals surface area contributed by atoms with Crippen LogP contribution < -0.4 is 5.32 Å². The number of para-hydroxylation sites is 1. The van der Waals surface area contributed by atoms with E-state index in [2.05, 4.69) is 38.1 Å². The number of thioether (sulfide) groups is 2. The molecule has 2 heterocycles. The number of carbonyl (C=O) groups is 1. The highest BCUT2D eigenvalue weighted by Crippen LogP contribution is 2.31. The van der Waals surface area contributed by atoms with Crippen molar-refractivity contribution in [2.75, 3.05) is 11.1 Å². The zero-order valence-corrected chi connectivity index (χ0v) is 20.3. The first-order valence-corrected chi connectivity index (χ1v) is 13.3. The molecular formula is C24H21N5OS3. The maximum atomic E-state index is 12.6. The summed E-state index contributed by atoms with van der Waals surface area (Å²) in [7, 11) is 0. The summed E-state index contributed by atoms with van der Waals surface area (Å²) in [6, 6.07) is 22.1. The minimum absolute atomic E-state index is 0.0626. The lowest BCUT2D eigenvalue weighted by molar-refractivity contribution is -0.113. The van der Waals surface area contributed by atoms with Gasteiger partial charge in [0.15, 0.2) is 9.50 Å². The number of thiazole rings is 1. The third kappa shape index (κ3) is 4.90. The number of anilines is 1. The predicted molar refractivity (Wildman–Crippen MR) is 138 cm³/mol. The third-order valence-corrected chi connectivity index (χ3v) is 8.25. The standard InChI is InChI=1S/C24H21N5OS3/c1-2-29-21(14-32-24-26-19-11-5-6-13-20(19)33-24)27-28-23(29)31-15-22(30)25-18-12-7-9-16-8-3-4-10-17(16)18/h3-13H,2,14-15H2,1H3,(H,25,30). The van der Waals surface area contributed by atoms with Gasteiger partial charge in [-0.15, -0.1) is 21.5 Å². The smallest absolute Gasteiger partial charge is 0.234 e. The summed E-state index contributed by atoms with van der Waals surface area (Å²) >= 11 is 4.76. The molecule has 9 heteroatoms. The Labute approximate surface area is 203 Å². The molecule has 166 valence electrons. The van der Waals surface area contributed by atoms with Crippen molar-refractivity contribution in [3.8, 4) is 0 Å². The lowest BCUT2D eigenvalue weighted by atomic mass is 10.1. The number of nitrogens with one attached hydrogen (secondary N) is 1. The van der Waals surface area contributed by atoms with E-state index in [1.54, 1.807) is 23.1 Å². The summed E-state index contributed by atoms with van der Waals surface area (Å²) in [6.07, 6.45) is 0. The van der Waals surface area contributed by atoms with Gasteiger partial charge in [0.25, 0.3) is 0 Å². The van der Waals surface area contributed by atoms with Gasteiger partial charge in [0.05, 0.1) is 21.7 Å². The van der Waals surface area contributed by atoms with Crippen molar-refractivity contribution in [2.24, 2.45) is 0 Å². The fourth-order valence-corrected chi connectivity index (χ4v) is 6.37. The second-order valence-electron chi connectivity index (χ2n) is 7.24. The number of aromatic nitrogens is 4. The highest BCUT2D eigenvalue weighted by atomic mass is 32.2. The molecule has 0 unspecified atom stereocenters. The first-order chi connectivity index (χ1) is 16.2. The minimum atomic E-state index is -0.0626. The molecule has 6 nitrogen and oxygen atoms in total. The molecule has 0 spiro atoms. The van der Waals surface area contributed by atoms with Crippen LogP contribution in [0.5, 0.6) is 0 Å². The van der Waals surface area contributed by atoms with Gasteiger partial charge in [-0.05, 0) is 30.5 Å². The largest absolute Gasteiger partial charge is 0.325 e.